The van der Waals surface area contributed by atoms with Crippen molar-refractivity contribution in [2.75, 3.05) is 5.32 Å². The number of amides is 1. The fourth-order valence-corrected chi connectivity index (χ4v) is 2.16. The highest BCUT2D eigenvalue weighted by Gasteiger charge is 2.22. The van der Waals surface area contributed by atoms with Crippen molar-refractivity contribution in [3.8, 4) is 5.75 Å². The fraction of sp³-hybridized carbons (Fsp3) is 0.278. The predicted octanol–water partition coefficient (Wildman–Crippen LogP) is 3.90. The Morgan fingerprint density at radius 3 is 2.61 bits per heavy atom. The van der Waals surface area contributed by atoms with Crippen molar-refractivity contribution in [3.63, 3.8) is 0 Å². The zero-order chi connectivity index (χ0) is 17.0. The maximum absolute atomic E-state index is 11.9. The lowest BCUT2D eigenvalue weighted by Crippen LogP contribution is -2.45. The molecule has 2 aromatic carbocycles. The van der Waals surface area contributed by atoms with Crippen LogP contribution in [0.15, 0.2) is 42.5 Å². The Morgan fingerprint density at radius 2 is 2.00 bits per heavy atom. The monoisotopic (exact) mass is 332 g/mol. The predicted molar refractivity (Wildman–Crippen MR) is 93.9 cm³/mol. The van der Waals surface area contributed by atoms with Crippen LogP contribution < -0.4 is 15.8 Å². The van der Waals surface area contributed by atoms with Gasteiger partial charge in [0.05, 0.1) is 5.54 Å². The molecule has 0 heterocycles. The third-order valence-corrected chi connectivity index (χ3v) is 3.56. The van der Waals surface area contributed by atoms with Crippen molar-refractivity contribution >= 4 is 23.2 Å². The van der Waals surface area contributed by atoms with Crippen molar-refractivity contribution in [1.82, 2.24) is 0 Å². The van der Waals surface area contributed by atoms with E-state index in [-0.39, 0.29) is 5.91 Å². The first-order chi connectivity index (χ1) is 10.8. The van der Waals surface area contributed by atoms with E-state index in [1.807, 2.05) is 49.4 Å². The molecule has 0 bridgehead atoms. The minimum atomic E-state index is -0.922. The number of anilines is 1. The maximum atomic E-state index is 11.9. The van der Waals surface area contributed by atoms with Crippen LogP contribution in [0, 0.1) is 6.92 Å². The van der Waals surface area contributed by atoms with Crippen molar-refractivity contribution < 1.29 is 9.53 Å². The van der Waals surface area contributed by atoms with Crippen LogP contribution in [0.3, 0.4) is 0 Å². The first kappa shape index (κ1) is 17.3. The molecule has 2 aromatic rings. The first-order valence-corrected chi connectivity index (χ1v) is 7.72. The van der Waals surface area contributed by atoms with E-state index >= 15 is 0 Å². The number of rotatable bonds is 5. The second-order valence-electron chi connectivity index (χ2n) is 6.07. The molecule has 0 saturated heterocycles. The molecule has 0 aromatic heterocycles. The second kappa shape index (κ2) is 7.02. The van der Waals surface area contributed by atoms with Gasteiger partial charge in [0, 0.05) is 10.7 Å². The highest BCUT2D eigenvalue weighted by molar-refractivity contribution is 6.30. The summed E-state index contributed by atoms with van der Waals surface area (Å²) in [5, 5.41) is 3.51. The fourth-order valence-electron chi connectivity index (χ4n) is 1.94. The van der Waals surface area contributed by atoms with Crippen LogP contribution >= 0.6 is 11.6 Å². The van der Waals surface area contributed by atoms with E-state index in [0.717, 1.165) is 22.6 Å². The summed E-state index contributed by atoms with van der Waals surface area (Å²) in [4.78, 5) is 11.9. The van der Waals surface area contributed by atoms with Crippen molar-refractivity contribution in [2.24, 2.45) is 5.73 Å². The quantitative estimate of drug-likeness (QED) is 0.872. The summed E-state index contributed by atoms with van der Waals surface area (Å²) in [6, 6.07) is 13.0. The minimum Gasteiger partial charge on any atom is -0.489 e. The molecular formula is C18H21ClN2O2. The number of aryl methyl sites for hydroxylation is 1. The summed E-state index contributed by atoms with van der Waals surface area (Å²) in [6.07, 6.45) is 0. The van der Waals surface area contributed by atoms with Crippen LogP contribution in [0.4, 0.5) is 5.69 Å². The van der Waals surface area contributed by atoms with Gasteiger partial charge in [0.15, 0.2) is 0 Å². The zero-order valence-electron chi connectivity index (χ0n) is 13.5. The van der Waals surface area contributed by atoms with E-state index in [1.54, 1.807) is 13.8 Å². The van der Waals surface area contributed by atoms with Crippen LogP contribution in [0.1, 0.15) is 25.0 Å². The Morgan fingerprint density at radius 1 is 1.26 bits per heavy atom. The standard InChI is InChI=1S/C18H21ClN2O2/c1-12-9-15(23-11-13-5-4-6-14(19)10-13)7-8-16(12)21-17(22)18(2,3)20/h4-10H,11,20H2,1-3H3,(H,21,22). The first-order valence-electron chi connectivity index (χ1n) is 7.34. The smallest absolute Gasteiger partial charge is 0.243 e. The Balaban J connectivity index is 2.03. The average molecular weight is 333 g/mol. The van der Waals surface area contributed by atoms with Crippen LogP contribution in [0.5, 0.6) is 5.75 Å². The average Bonchev–Trinajstić information content (AvgIpc) is 2.46. The second-order valence-corrected chi connectivity index (χ2v) is 6.51. The van der Waals surface area contributed by atoms with Crippen LogP contribution in [-0.4, -0.2) is 11.4 Å². The molecule has 1 amide bonds. The Bertz CT molecular complexity index is 708. The summed E-state index contributed by atoms with van der Waals surface area (Å²) >= 11 is 5.95. The number of carbonyl (C=O) groups excluding carboxylic acids is 1. The van der Waals surface area contributed by atoms with E-state index < -0.39 is 5.54 Å². The third kappa shape index (κ3) is 4.98. The molecular weight excluding hydrogens is 312 g/mol. The van der Waals surface area contributed by atoms with E-state index in [9.17, 15) is 4.79 Å². The Labute approximate surface area is 141 Å². The van der Waals surface area contributed by atoms with Gasteiger partial charge in [-0.05, 0) is 62.2 Å². The van der Waals surface area contributed by atoms with E-state index in [0.29, 0.717) is 11.6 Å². The summed E-state index contributed by atoms with van der Waals surface area (Å²) in [7, 11) is 0. The lowest BCUT2D eigenvalue weighted by molar-refractivity contribution is -0.120. The van der Waals surface area contributed by atoms with Crippen molar-refractivity contribution in [1.29, 1.82) is 0 Å². The lowest BCUT2D eigenvalue weighted by Gasteiger charge is -2.19. The molecule has 23 heavy (non-hydrogen) atoms. The topological polar surface area (TPSA) is 64.3 Å². The van der Waals surface area contributed by atoms with E-state index in [2.05, 4.69) is 5.32 Å². The zero-order valence-corrected chi connectivity index (χ0v) is 14.3. The molecule has 0 fully saturated rings. The molecule has 4 nitrogen and oxygen atoms in total. The number of nitrogens with two attached hydrogens (primary N) is 1. The molecule has 0 atom stereocenters. The molecule has 0 aliphatic rings. The molecule has 0 aliphatic heterocycles. The van der Waals surface area contributed by atoms with Crippen LogP contribution in [0.2, 0.25) is 5.02 Å². The molecule has 2 rings (SSSR count). The SMILES string of the molecule is Cc1cc(OCc2cccc(Cl)c2)ccc1NC(=O)C(C)(C)N. The number of nitrogens with one attached hydrogen (secondary N) is 1. The highest BCUT2D eigenvalue weighted by atomic mass is 35.5. The molecule has 3 N–H and O–H groups in total. The number of hydrogen-bond acceptors (Lipinski definition) is 3. The number of ether oxygens (including phenoxy) is 1. The van der Waals surface area contributed by atoms with Crippen LogP contribution in [-0.2, 0) is 11.4 Å². The summed E-state index contributed by atoms with van der Waals surface area (Å²) in [6.45, 7) is 5.67. The van der Waals surface area contributed by atoms with Crippen LogP contribution in [0.25, 0.3) is 0 Å². The molecule has 0 saturated carbocycles. The third-order valence-electron chi connectivity index (χ3n) is 3.33. The van der Waals surface area contributed by atoms with E-state index in [4.69, 9.17) is 22.1 Å². The molecule has 0 radical (unpaired) electrons. The lowest BCUT2D eigenvalue weighted by atomic mass is 10.1. The summed E-state index contributed by atoms with van der Waals surface area (Å²) in [5.74, 6) is 0.501. The van der Waals surface area contributed by atoms with Crippen molar-refractivity contribution in [3.05, 3.63) is 58.6 Å². The molecule has 122 valence electrons. The van der Waals surface area contributed by atoms with Gasteiger partial charge in [-0.15, -0.1) is 0 Å². The highest BCUT2D eigenvalue weighted by Crippen LogP contribution is 2.23. The number of carbonyl (C=O) groups is 1. The van der Waals surface area contributed by atoms with Gasteiger partial charge in [0.25, 0.3) is 0 Å². The largest absolute Gasteiger partial charge is 0.489 e. The normalized spacial score (nSPS) is 11.2. The van der Waals surface area contributed by atoms with Gasteiger partial charge in [0.1, 0.15) is 12.4 Å². The summed E-state index contributed by atoms with van der Waals surface area (Å²) in [5.41, 5.74) is 7.49. The van der Waals surface area contributed by atoms with Gasteiger partial charge in [0.2, 0.25) is 5.91 Å². The number of benzene rings is 2. The van der Waals surface area contributed by atoms with Crippen molar-refractivity contribution in [2.45, 2.75) is 32.9 Å². The van der Waals surface area contributed by atoms with Gasteiger partial charge in [-0.2, -0.15) is 0 Å². The summed E-state index contributed by atoms with van der Waals surface area (Å²) < 4.78 is 5.76. The molecule has 0 unspecified atom stereocenters. The molecule has 0 aliphatic carbocycles. The van der Waals surface area contributed by atoms with Gasteiger partial charge in [-0.25, -0.2) is 0 Å². The Hall–Kier alpha value is -2.04. The van der Waals surface area contributed by atoms with Gasteiger partial charge in [-0.3, -0.25) is 4.79 Å². The van der Waals surface area contributed by atoms with Gasteiger partial charge in [-0.1, -0.05) is 23.7 Å². The minimum absolute atomic E-state index is 0.229. The number of halogens is 1. The molecule has 0 spiro atoms. The van der Waals surface area contributed by atoms with E-state index in [1.165, 1.54) is 0 Å². The van der Waals surface area contributed by atoms with Gasteiger partial charge < -0.3 is 15.8 Å². The Kier molecular flexibility index (Phi) is 5.29. The number of hydrogen-bond donors (Lipinski definition) is 2. The van der Waals surface area contributed by atoms with Gasteiger partial charge >= 0.3 is 0 Å². The maximum Gasteiger partial charge on any atom is 0.243 e. The molecule has 5 heteroatoms.